The average Bonchev–Trinajstić information content (AvgIpc) is 2.87. The maximum atomic E-state index is 11.6. The van der Waals surface area contributed by atoms with Gasteiger partial charge in [-0.1, -0.05) is 13.8 Å². The molecule has 0 bridgehead atoms. The van der Waals surface area contributed by atoms with Crippen molar-refractivity contribution in [2.45, 2.75) is 32.7 Å². The molecule has 1 saturated heterocycles. The summed E-state index contributed by atoms with van der Waals surface area (Å²) in [5.74, 6) is 0.811. The van der Waals surface area contributed by atoms with Gasteiger partial charge in [0, 0.05) is 12.6 Å². The molecule has 2 N–H and O–H groups in total. The summed E-state index contributed by atoms with van der Waals surface area (Å²) in [5, 5.41) is 0. The van der Waals surface area contributed by atoms with Crippen LogP contribution in [0, 0.1) is 5.92 Å². The Kier molecular flexibility index (Phi) is 3.93. The third-order valence-corrected chi connectivity index (χ3v) is 3.64. The fourth-order valence-electron chi connectivity index (χ4n) is 2.66. The highest BCUT2D eigenvalue weighted by Gasteiger charge is 2.29. The van der Waals surface area contributed by atoms with Gasteiger partial charge in [-0.25, -0.2) is 9.78 Å². The number of nitrogen functional groups attached to an aromatic ring is 1. The number of esters is 1. The van der Waals surface area contributed by atoms with E-state index in [0.29, 0.717) is 29.2 Å². The van der Waals surface area contributed by atoms with E-state index in [2.05, 4.69) is 23.7 Å². The number of ether oxygens (including phenoxy) is 1. The van der Waals surface area contributed by atoms with Gasteiger partial charge in [-0.3, -0.25) is 0 Å². The molecule has 0 radical (unpaired) electrons. The van der Waals surface area contributed by atoms with E-state index in [1.165, 1.54) is 7.11 Å². The molecule has 1 aliphatic heterocycles. The molecule has 1 unspecified atom stereocenters. The third-order valence-electron chi connectivity index (χ3n) is 3.64. The maximum absolute atomic E-state index is 11.6. The molecule has 0 spiro atoms. The molecule has 19 heavy (non-hydrogen) atoms. The number of carbonyl (C=O) groups is 1. The van der Waals surface area contributed by atoms with Crippen LogP contribution in [-0.4, -0.2) is 30.6 Å². The molecule has 1 atom stereocenters. The molecule has 104 valence electrons. The van der Waals surface area contributed by atoms with E-state index in [1.807, 2.05) is 0 Å². The highest BCUT2D eigenvalue weighted by molar-refractivity contribution is 5.88. The monoisotopic (exact) mass is 263 g/mol. The minimum atomic E-state index is -0.429. The molecule has 2 rings (SSSR count). The summed E-state index contributed by atoms with van der Waals surface area (Å²) in [4.78, 5) is 18.2. The molecule has 0 aromatic carbocycles. The summed E-state index contributed by atoms with van der Waals surface area (Å²) in [7, 11) is 1.35. The molecular weight excluding hydrogens is 242 g/mol. The SMILES string of the molecule is COC(=O)c1ccc(N)c(N2CCCC2C(C)C)n1. The van der Waals surface area contributed by atoms with Crippen LogP contribution in [-0.2, 0) is 4.74 Å². The van der Waals surface area contributed by atoms with E-state index in [-0.39, 0.29) is 0 Å². The number of rotatable bonds is 3. The van der Waals surface area contributed by atoms with Gasteiger partial charge in [0.1, 0.15) is 0 Å². The Balaban J connectivity index is 2.35. The lowest BCUT2D eigenvalue weighted by Gasteiger charge is -2.29. The molecule has 1 aromatic rings. The number of aromatic nitrogens is 1. The number of methoxy groups -OCH3 is 1. The Bertz CT molecular complexity index is 474. The van der Waals surface area contributed by atoms with Crippen LogP contribution < -0.4 is 10.6 Å². The van der Waals surface area contributed by atoms with Crippen molar-refractivity contribution in [2.24, 2.45) is 5.92 Å². The van der Waals surface area contributed by atoms with Crippen molar-refractivity contribution in [3.05, 3.63) is 17.8 Å². The van der Waals surface area contributed by atoms with E-state index in [4.69, 9.17) is 10.5 Å². The molecular formula is C14H21N3O2. The Morgan fingerprint density at radius 1 is 1.53 bits per heavy atom. The largest absolute Gasteiger partial charge is 0.464 e. The van der Waals surface area contributed by atoms with E-state index in [9.17, 15) is 4.79 Å². The number of nitrogens with zero attached hydrogens (tertiary/aromatic N) is 2. The van der Waals surface area contributed by atoms with Gasteiger partial charge in [-0.05, 0) is 30.9 Å². The van der Waals surface area contributed by atoms with Gasteiger partial charge < -0.3 is 15.4 Å². The van der Waals surface area contributed by atoms with Crippen LogP contribution in [0.1, 0.15) is 37.2 Å². The number of hydrogen-bond acceptors (Lipinski definition) is 5. The summed E-state index contributed by atoms with van der Waals surface area (Å²) < 4.78 is 4.71. The molecule has 5 heteroatoms. The molecule has 0 aliphatic carbocycles. The first-order valence-electron chi connectivity index (χ1n) is 6.66. The maximum Gasteiger partial charge on any atom is 0.356 e. The standard InChI is InChI=1S/C14H21N3O2/c1-9(2)12-5-4-8-17(12)13-10(15)6-7-11(16-13)14(18)19-3/h6-7,9,12H,4-5,8,15H2,1-3H3. The lowest BCUT2D eigenvalue weighted by atomic mass is 10.0. The summed E-state index contributed by atoms with van der Waals surface area (Å²) in [6.45, 7) is 5.33. The molecule has 2 heterocycles. The summed E-state index contributed by atoms with van der Waals surface area (Å²) in [6.07, 6.45) is 2.27. The lowest BCUT2D eigenvalue weighted by molar-refractivity contribution is 0.0594. The quantitative estimate of drug-likeness (QED) is 0.845. The van der Waals surface area contributed by atoms with Gasteiger partial charge in [-0.15, -0.1) is 0 Å². The summed E-state index contributed by atoms with van der Waals surface area (Å²) in [6, 6.07) is 3.76. The Morgan fingerprint density at radius 3 is 2.89 bits per heavy atom. The second-order valence-electron chi connectivity index (χ2n) is 5.25. The number of pyridine rings is 1. The normalized spacial score (nSPS) is 18.9. The van der Waals surface area contributed by atoms with Crippen molar-refractivity contribution in [1.29, 1.82) is 0 Å². The van der Waals surface area contributed by atoms with Gasteiger partial charge >= 0.3 is 5.97 Å². The van der Waals surface area contributed by atoms with Crippen LogP contribution in [0.4, 0.5) is 11.5 Å². The smallest absolute Gasteiger partial charge is 0.356 e. The fourth-order valence-corrected chi connectivity index (χ4v) is 2.66. The number of nitrogens with two attached hydrogens (primary N) is 1. The van der Waals surface area contributed by atoms with Crippen LogP contribution in [0.5, 0.6) is 0 Å². The van der Waals surface area contributed by atoms with Crippen molar-refractivity contribution in [2.75, 3.05) is 24.3 Å². The van der Waals surface area contributed by atoms with Crippen molar-refractivity contribution >= 4 is 17.5 Å². The topological polar surface area (TPSA) is 68.5 Å². The number of hydrogen-bond donors (Lipinski definition) is 1. The molecule has 1 fully saturated rings. The minimum Gasteiger partial charge on any atom is -0.464 e. The molecule has 1 aliphatic rings. The molecule has 0 amide bonds. The highest BCUT2D eigenvalue weighted by Crippen LogP contribution is 2.32. The van der Waals surface area contributed by atoms with Crippen molar-refractivity contribution < 1.29 is 9.53 Å². The summed E-state index contributed by atoms with van der Waals surface area (Å²) in [5.41, 5.74) is 6.93. The zero-order chi connectivity index (χ0) is 14.0. The first-order valence-corrected chi connectivity index (χ1v) is 6.66. The second-order valence-corrected chi connectivity index (χ2v) is 5.25. The van der Waals surface area contributed by atoms with E-state index >= 15 is 0 Å². The van der Waals surface area contributed by atoms with Gasteiger partial charge in [0.2, 0.25) is 0 Å². The first kappa shape index (κ1) is 13.6. The second kappa shape index (κ2) is 5.47. The highest BCUT2D eigenvalue weighted by atomic mass is 16.5. The van der Waals surface area contributed by atoms with Gasteiger partial charge in [-0.2, -0.15) is 0 Å². The Morgan fingerprint density at radius 2 is 2.26 bits per heavy atom. The van der Waals surface area contributed by atoms with Gasteiger partial charge in [0.25, 0.3) is 0 Å². The molecule has 5 nitrogen and oxygen atoms in total. The van der Waals surface area contributed by atoms with E-state index in [1.54, 1.807) is 12.1 Å². The van der Waals surface area contributed by atoms with Crippen molar-refractivity contribution in [3.8, 4) is 0 Å². The van der Waals surface area contributed by atoms with Crippen LogP contribution in [0.3, 0.4) is 0 Å². The first-order chi connectivity index (χ1) is 9.04. The van der Waals surface area contributed by atoms with E-state index in [0.717, 1.165) is 19.4 Å². The Labute approximate surface area is 113 Å². The number of anilines is 2. The van der Waals surface area contributed by atoms with Crippen LogP contribution in [0.15, 0.2) is 12.1 Å². The van der Waals surface area contributed by atoms with Crippen molar-refractivity contribution in [3.63, 3.8) is 0 Å². The Hall–Kier alpha value is -1.78. The third kappa shape index (κ3) is 2.64. The predicted molar refractivity (Wildman–Crippen MR) is 75.2 cm³/mol. The lowest BCUT2D eigenvalue weighted by Crippen LogP contribution is -2.34. The zero-order valence-electron chi connectivity index (χ0n) is 11.7. The van der Waals surface area contributed by atoms with Gasteiger partial charge in [0.05, 0.1) is 12.8 Å². The van der Waals surface area contributed by atoms with Gasteiger partial charge in [0.15, 0.2) is 11.5 Å². The predicted octanol–water partition coefficient (Wildman–Crippen LogP) is 2.08. The molecule has 0 saturated carbocycles. The van der Waals surface area contributed by atoms with Crippen LogP contribution in [0.2, 0.25) is 0 Å². The molecule has 1 aromatic heterocycles. The zero-order valence-corrected chi connectivity index (χ0v) is 11.7. The minimum absolute atomic E-state index is 0.307. The summed E-state index contributed by atoms with van der Waals surface area (Å²) >= 11 is 0. The van der Waals surface area contributed by atoms with E-state index < -0.39 is 5.97 Å². The average molecular weight is 263 g/mol. The van der Waals surface area contributed by atoms with Crippen LogP contribution in [0.25, 0.3) is 0 Å². The van der Waals surface area contributed by atoms with Crippen molar-refractivity contribution in [1.82, 2.24) is 4.98 Å². The number of carbonyl (C=O) groups excluding carboxylic acids is 1. The fraction of sp³-hybridized carbons (Fsp3) is 0.571. The van der Waals surface area contributed by atoms with Crippen LogP contribution >= 0.6 is 0 Å².